The molecule has 5 aromatic heterocycles. The van der Waals surface area contributed by atoms with Crippen molar-refractivity contribution >= 4 is 120 Å². The molecule has 29 nitrogen and oxygen atoms in total. The van der Waals surface area contributed by atoms with Crippen molar-refractivity contribution in [2.75, 3.05) is 64.7 Å². The molecule has 13 rings (SSSR count). The third-order valence-electron chi connectivity index (χ3n) is 15.5. The zero-order chi connectivity index (χ0) is 90.7. The minimum Gasteiger partial charge on any atom is -0.481 e. The highest BCUT2D eigenvalue weighted by molar-refractivity contribution is 6.29. The summed E-state index contributed by atoms with van der Waals surface area (Å²) < 4.78 is 221. The van der Waals surface area contributed by atoms with Crippen molar-refractivity contribution in [2.24, 2.45) is 0 Å². The molecule has 0 aliphatic rings. The van der Waals surface area contributed by atoms with Gasteiger partial charge in [0, 0.05) is 70.1 Å². The zero-order valence-corrected chi connectivity index (χ0v) is 64.7. The second-order valence-electron chi connectivity index (χ2n) is 24.2. The topological polar surface area (TPSA) is 396 Å². The number of carboxylic acids is 1. The number of halogens is 17. The van der Waals surface area contributed by atoms with Gasteiger partial charge in [0.15, 0.2) is 58.0 Å². The summed E-state index contributed by atoms with van der Waals surface area (Å²) in [6, 6.07) is 33.5. The Morgan fingerprint density at radius 1 is 0.431 bits per heavy atom. The quantitative estimate of drug-likeness (QED) is 0.0127. The summed E-state index contributed by atoms with van der Waals surface area (Å²) in [5.74, 6) is -2.15. The molecule has 5 heterocycles. The predicted molar refractivity (Wildman–Crippen MR) is 422 cm³/mol. The van der Waals surface area contributed by atoms with Crippen LogP contribution in [0.4, 0.5) is 162 Å². The number of benzene rings is 8. The molecule has 0 spiro atoms. The van der Waals surface area contributed by atoms with Crippen molar-refractivity contribution in [3.05, 3.63) is 296 Å². The van der Waals surface area contributed by atoms with E-state index in [0.29, 0.717) is 51.5 Å². The SMILES string of the molecule is CC(=O)O.COC(C)(OC)OC.Cc1nc2cccc(F)c2n1-c1cncc(Nc2ccc(C(F)(F)F)cc2)n1.FC(F)(F)c1ccc(Nc2cncc(Cl)n2)cc1.Nc1c(F)cccc1[N+](=O)[O-].Nc1cccc(F)c1Nc1cncc(Nc2ccc(C(F)(F)F)cc2)n1.O=[N+]([O-])c1cccc(F)c1Nc1cncc(Nc2ccc(C(F)(F)F)cc2)n1. The van der Waals surface area contributed by atoms with Crippen LogP contribution in [0.2, 0.25) is 5.15 Å². The van der Waals surface area contributed by atoms with Gasteiger partial charge in [-0.2, -0.15) is 52.7 Å². The van der Waals surface area contributed by atoms with E-state index in [0.717, 1.165) is 79.7 Å². The first-order valence-electron chi connectivity index (χ1n) is 34.3. The van der Waals surface area contributed by atoms with Crippen LogP contribution in [-0.4, -0.2) is 97.6 Å². The largest absolute Gasteiger partial charge is 0.481 e. The van der Waals surface area contributed by atoms with Gasteiger partial charge in [0.05, 0.1) is 98.6 Å². The minimum absolute atomic E-state index is 0.00473. The lowest BCUT2D eigenvalue weighted by atomic mass is 10.2. The molecule has 0 unspecified atom stereocenters. The molecular formula is C77H65ClF16N20O9. The predicted octanol–water partition coefficient (Wildman–Crippen LogP) is 20.7. The number of nitrogen functional groups attached to an aromatic ring is 2. The molecule has 0 bridgehead atoms. The monoisotopic (exact) mass is 1750 g/mol. The fourth-order valence-electron chi connectivity index (χ4n) is 9.59. The first kappa shape index (κ1) is 95.4. The van der Waals surface area contributed by atoms with Crippen LogP contribution in [-0.2, 0) is 43.7 Å². The van der Waals surface area contributed by atoms with Gasteiger partial charge in [-0.05, 0) is 140 Å². The number of carboxylic acid groups (broad SMARTS) is 1. The first-order chi connectivity index (χ1) is 57.9. The van der Waals surface area contributed by atoms with Crippen molar-refractivity contribution in [1.29, 1.82) is 0 Å². The number of alkyl halides is 12. The van der Waals surface area contributed by atoms with Gasteiger partial charge in [-0.1, -0.05) is 35.9 Å². The van der Waals surface area contributed by atoms with Crippen LogP contribution in [0.5, 0.6) is 0 Å². The van der Waals surface area contributed by atoms with E-state index in [1.54, 1.807) is 26.0 Å². The lowest BCUT2D eigenvalue weighted by molar-refractivity contribution is -0.384. The van der Waals surface area contributed by atoms with Crippen LogP contribution in [0, 0.1) is 50.4 Å². The number of aryl methyl sites for hydroxylation is 1. The molecule has 0 atom stereocenters. The molecule has 0 saturated heterocycles. The number of nitrogens with one attached hydrogen (secondary N) is 6. The van der Waals surface area contributed by atoms with Crippen molar-refractivity contribution in [3.63, 3.8) is 0 Å². The Morgan fingerprint density at radius 2 is 0.748 bits per heavy atom. The van der Waals surface area contributed by atoms with Crippen molar-refractivity contribution in [2.45, 2.75) is 51.4 Å². The molecule has 123 heavy (non-hydrogen) atoms. The average molecular weight is 1750 g/mol. The number of aromatic nitrogens is 10. The summed E-state index contributed by atoms with van der Waals surface area (Å²) in [5.41, 5.74) is 8.74. The number of nitro benzene ring substituents is 2. The highest BCUT2D eigenvalue weighted by Crippen LogP contribution is 2.37. The molecule has 0 saturated carbocycles. The van der Waals surface area contributed by atoms with Gasteiger partial charge in [-0.3, -0.25) is 49.5 Å². The van der Waals surface area contributed by atoms with E-state index in [4.69, 9.17) is 47.2 Å². The number of hydrogen-bond donors (Lipinski definition) is 9. The maximum atomic E-state index is 14.3. The van der Waals surface area contributed by atoms with Crippen molar-refractivity contribution in [1.82, 2.24) is 49.4 Å². The summed E-state index contributed by atoms with van der Waals surface area (Å²) in [5, 5.41) is 45.3. The standard InChI is InChI=1S/C19H13F4N5.C17H11F4N5O2.C17H13F4N5.C11H7ClF3N3.C6H5FN2O2.C5H12O3.C2H4O2/c1-11-25-15-4-2-3-14(20)18(15)28(11)17-10-24-9-16(27-17)26-13-7-5-12(6-8-13)19(21,22)23;18-12-2-1-3-13(26(27)28)16(12)25-15-9-22-8-14(24-15)23-11-6-4-10(5-7-11)17(19,20)21;18-12-2-1-3-13(22)16(12)26-15-9-23-8-14(25-15)24-11-6-4-10(5-7-11)17(19,20)21;12-9-5-16-6-10(18-9)17-8-3-1-7(2-4-8)11(13,14)15;7-4-2-1-3-5(6(4)8)9(10)11;1-5(6-2,7-3)8-4;1-2(3)4/h2-10H,1H3,(H,26,27);1-9H,(H2,23,24,25);1-9H,22H2,(H2,24,25,26);1-6H,(H,17,18);1-3H,8H2;1-4H3;1H3,(H,3,4). The molecule has 13 aromatic rings. The molecule has 0 fully saturated rings. The average Bonchev–Trinajstić information content (AvgIpc) is 1.62. The number of methoxy groups -OCH3 is 3. The normalized spacial score (nSPS) is 11.1. The van der Waals surface area contributed by atoms with E-state index in [-0.39, 0.29) is 51.0 Å². The smallest absolute Gasteiger partial charge is 0.416 e. The molecule has 11 N–H and O–H groups in total. The number of hydrogen-bond acceptors (Lipinski definition) is 25. The number of ether oxygens (including phenoxy) is 3. The van der Waals surface area contributed by atoms with Crippen LogP contribution in [0.15, 0.2) is 219 Å². The Balaban J connectivity index is 0.000000209. The summed E-state index contributed by atoms with van der Waals surface area (Å²) in [7, 11) is 4.56. The molecule has 0 aliphatic heterocycles. The van der Waals surface area contributed by atoms with Gasteiger partial charge in [-0.15, -0.1) is 0 Å². The molecular weight excluding hydrogens is 1690 g/mol. The van der Waals surface area contributed by atoms with E-state index < -0.39 is 109 Å². The summed E-state index contributed by atoms with van der Waals surface area (Å²) in [6.45, 7) is 4.49. The summed E-state index contributed by atoms with van der Waals surface area (Å²) >= 11 is 5.63. The van der Waals surface area contributed by atoms with E-state index in [2.05, 4.69) is 76.8 Å². The van der Waals surface area contributed by atoms with Gasteiger partial charge >= 0.3 is 24.7 Å². The molecule has 46 heteroatoms. The number of nitrogens with two attached hydrogens (primary N) is 2. The number of nitrogens with zero attached hydrogens (tertiary/aromatic N) is 12. The van der Waals surface area contributed by atoms with Crippen molar-refractivity contribution < 1.29 is 104 Å². The van der Waals surface area contributed by atoms with Crippen LogP contribution < -0.4 is 43.4 Å². The molecule has 0 aliphatic carbocycles. The van der Waals surface area contributed by atoms with E-state index >= 15 is 0 Å². The maximum absolute atomic E-state index is 14.3. The van der Waals surface area contributed by atoms with E-state index in [9.17, 15) is 90.5 Å². The van der Waals surface area contributed by atoms with Gasteiger partial charge in [0.1, 0.15) is 33.8 Å². The Kier molecular flexibility index (Phi) is 33.2. The second-order valence-corrected chi connectivity index (χ2v) is 24.6. The van der Waals surface area contributed by atoms with Gasteiger partial charge < -0.3 is 62.7 Å². The number of anilines is 14. The Hall–Kier alpha value is -14.7. The number of imidazole rings is 1. The molecule has 0 radical (unpaired) electrons. The van der Waals surface area contributed by atoms with Gasteiger partial charge in [0.25, 0.3) is 23.3 Å². The molecule has 8 aromatic carbocycles. The number of nitro groups is 2. The maximum Gasteiger partial charge on any atom is 0.416 e. The van der Waals surface area contributed by atoms with Gasteiger partial charge in [0.2, 0.25) is 0 Å². The third kappa shape index (κ3) is 29.1. The van der Waals surface area contributed by atoms with Crippen molar-refractivity contribution in [3.8, 4) is 5.82 Å². The highest BCUT2D eigenvalue weighted by Gasteiger charge is 2.33. The zero-order valence-electron chi connectivity index (χ0n) is 63.9. The summed E-state index contributed by atoms with van der Waals surface area (Å²) in [4.78, 5) is 65.3. The lowest BCUT2D eigenvalue weighted by Crippen LogP contribution is -2.31. The lowest BCUT2D eigenvalue weighted by Gasteiger charge is -2.23. The van der Waals surface area contributed by atoms with Crippen LogP contribution >= 0.6 is 11.6 Å². The Bertz CT molecular complexity index is 5680. The van der Waals surface area contributed by atoms with Crippen LogP contribution in [0.1, 0.15) is 41.9 Å². The second kappa shape index (κ2) is 42.8. The van der Waals surface area contributed by atoms with Gasteiger partial charge in [-0.25, -0.2) is 42.5 Å². The van der Waals surface area contributed by atoms with Crippen LogP contribution in [0.3, 0.4) is 0 Å². The number of para-hydroxylation sites is 4. The van der Waals surface area contributed by atoms with Crippen LogP contribution in [0.25, 0.3) is 16.9 Å². The first-order valence-corrected chi connectivity index (χ1v) is 34.7. The molecule has 646 valence electrons. The third-order valence-corrected chi connectivity index (χ3v) is 15.7. The number of fused-ring (bicyclic) bond motifs is 1. The fourth-order valence-corrected chi connectivity index (χ4v) is 9.74. The minimum atomic E-state index is -4.45. The van der Waals surface area contributed by atoms with E-state index in [1.807, 2.05) is 0 Å². The fraction of sp³-hybridized carbons (Fsp3) is 0.143. The number of carbonyl (C=O) groups is 1. The highest BCUT2D eigenvalue weighted by atomic mass is 35.5. The Morgan fingerprint density at radius 3 is 1.11 bits per heavy atom. The Labute approximate surface area is 689 Å². The number of aliphatic carboxylic acids is 1. The molecule has 0 amide bonds. The van der Waals surface area contributed by atoms with E-state index in [1.165, 1.54) is 160 Å². The number of rotatable bonds is 18. The summed E-state index contributed by atoms with van der Waals surface area (Å²) in [6.07, 6.45) is -6.67.